The fraction of sp³-hybridized carbons (Fsp3) is 0.350. The van der Waals surface area contributed by atoms with E-state index in [0.29, 0.717) is 18.3 Å². The number of fused-ring (bicyclic) bond motifs is 1. The highest BCUT2D eigenvalue weighted by atomic mass is 127. The summed E-state index contributed by atoms with van der Waals surface area (Å²) in [7, 11) is 0. The molecule has 134 valence electrons. The lowest BCUT2D eigenvalue weighted by atomic mass is 9.96. The first-order valence-corrected chi connectivity index (χ1v) is 8.45. The highest BCUT2D eigenvalue weighted by Crippen LogP contribution is 2.36. The minimum atomic E-state index is -0.914. The minimum Gasteiger partial charge on any atom is -0.383 e. The van der Waals surface area contributed by atoms with Crippen LogP contribution in [0.3, 0.4) is 0 Å². The van der Waals surface area contributed by atoms with Gasteiger partial charge in [0.15, 0.2) is 5.96 Å². The Hall–Kier alpha value is -1.60. The molecule has 4 nitrogen and oxygen atoms in total. The molecule has 1 aliphatic rings. The van der Waals surface area contributed by atoms with E-state index in [1.807, 2.05) is 30.3 Å². The first-order valence-electron chi connectivity index (χ1n) is 8.45. The van der Waals surface area contributed by atoms with E-state index in [9.17, 15) is 5.11 Å². The number of aliphatic imine (C=N–C) groups is 1. The lowest BCUT2D eigenvalue weighted by Crippen LogP contribution is -2.30. The van der Waals surface area contributed by atoms with Crippen molar-refractivity contribution in [2.24, 2.45) is 10.7 Å². The topological polar surface area (TPSA) is 70.6 Å². The average molecular weight is 451 g/mol. The Labute approximate surface area is 166 Å². The first kappa shape index (κ1) is 19.7. The summed E-state index contributed by atoms with van der Waals surface area (Å²) in [5, 5.41) is 14.0. The van der Waals surface area contributed by atoms with Crippen LogP contribution in [-0.4, -0.2) is 17.6 Å². The van der Waals surface area contributed by atoms with Crippen molar-refractivity contribution in [3.05, 3.63) is 65.2 Å². The number of anilines is 1. The van der Waals surface area contributed by atoms with Crippen LogP contribution in [0.25, 0.3) is 0 Å². The molecule has 25 heavy (non-hydrogen) atoms. The second-order valence-electron chi connectivity index (χ2n) is 6.80. The van der Waals surface area contributed by atoms with E-state index in [4.69, 9.17) is 5.73 Å². The monoisotopic (exact) mass is 451 g/mol. The number of nitrogens with one attached hydrogen (secondary N) is 1. The molecule has 0 heterocycles. The van der Waals surface area contributed by atoms with E-state index in [0.717, 1.165) is 17.7 Å². The van der Waals surface area contributed by atoms with Crippen LogP contribution >= 0.6 is 24.0 Å². The lowest BCUT2D eigenvalue weighted by molar-refractivity contribution is 0.0487. The Kier molecular flexibility index (Phi) is 6.46. The van der Waals surface area contributed by atoms with E-state index < -0.39 is 5.60 Å². The van der Waals surface area contributed by atoms with Gasteiger partial charge in [-0.2, -0.15) is 0 Å². The Balaban J connectivity index is 0.00000225. The predicted molar refractivity (Wildman–Crippen MR) is 115 cm³/mol. The average Bonchev–Trinajstić information content (AvgIpc) is 2.91. The van der Waals surface area contributed by atoms with Gasteiger partial charge >= 0.3 is 0 Å². The van der Waals surface area contributed by atoms with Crippen LogP contribution in [0.5, 0.6) is 0 Å². The van der Waals surface area contributed by atoms with Crippen LogP contribution in [0.4, 0.5) is 5.69 Å². The molecule has 0 amide bonds. The third-order valence-corrected chi connectivity index (χ3v) is 4.66. The Morgan fingerprint density at radius 3 is 2.76 bits per heavy atom. The lowest BCUT2D eigenvalue weighted by Gasteiger charge is -2.22. The molecule has 4 N–H and O–H groups in total. The van der Waals surface area contributed by atoms with Gasteiger partial charge < -0.3 is 16.2 Å². The molecule has 0 aromatic heterocycles. The quantitative estimate of drug-likeness (QED) is 0.374. The number of hydrogen-bond acceptors (Lipinski definition) is 2. The third kappa shape index (κ3) is 4.52. The second-order valence-corrected chi connectivity index (χ2v) is 6.80. The van der Waals surface area contributed by atoms with Crippen molar-refractivity contribution >= 4 is 35.6 Å². The normalized spacial score (nSPS) is 19.4. The van der Waals surface area contributed by atoms with Gasteiger partial charge in [-0.3, -0.25) is 0 Å². The molecule has 3 rings (SSSR count). The molecule has 1 aliphatic carbocycles. The summed E-state index contributed by atoms with van der Waals surface area (Å²) in [6.07, 6.45) is 1.57. The van der Waals surface area contributed by atoms with Gasteiger partial charge in [-0.1, -0.05) is 50.2 Å². The molecular weight excluding hydrogens is 425 g/mol. The van der Waals surface area contributed by atoms with Crippen LogP contribution in [-0.2, 0) is 12.0 Å². The van der Waals surface area contributed by atoms with E-state index in [1.165, 1.54) is 11.1 Å². The number of aryl methyl sites for hydroxylation is 1. The van der Waals surface area contributed by atoms with Gasteiger partial charge in [0.1, 0.15) is 5.60 Å². The maximum absolute atomic E-state index is 10.9. The second kappa shape index (κ2) is 8.19. The molecule has 0 radical (unpaired) electrons. The Morgan fingerprint density at radius 2 is 2.00 bits per heavy atom. The van der Waals surface area contributed by atoms with Gasteiger partial charge in [-0.15, -0.1) is 24.0 Å². The molecule has 0 aliphatic heterocycles. The van der Waals surface area contributed by atoms with Crippen molar-refractivity contribution in [2.75, 3.05) is 11.9 Å². The molecule has 1 atom stereocenters. The summed E-state index contributed by atoms with van der Waals surface area (Å²) >= 11 is 0. The largest absolute Gasteiger partial charge is 0.383 e. The molecule has 5 heteroatoms. The molecule has 0 saturated heterocycles. The van der Waals surface area contributed by atoms with Gasteiger partial charge in [0.2, 0.25) is 0 Å². The van der Waals surface area contributed by atoms with E-state index in [-0.39, 0.29) is 30.5 Å². The summed E-state index contributed by atoms with van der Waals surface area (Å²) in [6.45, 7) is 4.58. The van der Waals surface area contributed by atoms with E-state index in [2.05, 4.69) is 42.4 Å². The van der Waals surface area contributed by atoms with Crippen LogP contribution in [0, 0.1) is 0 Å². The van der Waals surface area contributed by atoms with Crippen molar-refractivity contribution < 1.29 is 5.11 Å². The van der Waals surface area contributed by atoms with Crippen molar-refractivity contribution in [3.63, 3.8) is 0 Å². The summed E-state index contributed by atoms with van der Waals surface area (Å²) in [5.74, 6) is 0.786. The number of benzene rings is 2. The van der Waals surface area contributed by atoms with Crippen molar-refractivity contribution in [3.8, 4) is 0 Å². The third-order valence-electron chi connectivity index (χ3n) is 4.66. The zero-order valence-corrected chi connectivity index (χ0v) is 17.0. The number of nitrogens with zero attached hydrogens (tertiary/aromatic N) is 1. The Morgan fingerprint density at radius 1 is 1.24 bits per heavy atom. The fourth-order valence-corrected chi connectivity index (χ4v) is 3.21. The predicted octanol–water partition coefficient (Wildman–Crippen LogP) is 3.99. The smallest absolute Gasteiger partial charge is 0.193 e. The maximum atomic E-state index is 10.9. The van der Waals surface area contributed by atoms with Crippen LogP contribution in [0.1, 0.15) is 42.9 Å². The number of hydrogen-bond donors (Lipinski definition) is 3. The molecule has 0 bridgehead atoms. The highest BCUT2D eigenvalue weighted by Gasteiger charge is 2.36. The number of guanidine groups is 1. The number of halogens is 1. The van der Waals surface area contributed by atoms with Gasteiger partial charge in [0.25, 0.3) is 0 Å². The Bertz CT molecular complexity index is 760. The van der Waals surface area contributed by atoms with E-state index in [1.54, 1.807) is 0 Å². The zero-order chi connectivity index (χ0) is 17.2. The van der Waals surface area contributed by atoms with Crippen LogP contribution in [0.2, 0.25) is 0 Å². The van der Waals surface area contributed by atoms with Crippen molar-refractivity contribution in [2.45, 2.75) is 38.2 Å². The number of rotatable bonds is 4. The van der Waals surface area contributed by atoms with Crippen LogP contribution < -0.4 is 11.1 Å². The number of aliphatic hydroxyl groups is 1. The van der Waals surface area contributed by atoms with E-state index >= 15 is 0 Å². The van der Waals surface area contributed by atoms with Gasteiger partial charge in [-0.25, -0.2) is 4.99 Å². The highest BCUT2D eigenvalue weighted by molar-refractivity contribution is 14.0. The molecule has 0 fully saturated rings. The minimum absolute atomic E-state index is 0. The molecule has 1 unspecified atom stereocenters. The summed E-state index contributed by atoms with van der Waals surface area (Å²) in [4.78, 5) is 4.38. The van der Waals surface area contributed by atoms with Gasteiger partial charge in [0.05, 0.1) is 6.54 Å². The zero-order valence-electron chi connectivity index (χ0n) is 14.7. The number of nitrogens with two attached hydrogens (primary N) is 1. The van der Waals surface area contributed by atoms with Crippen LogP contribution in [0.15, 0.2) is 53.5 Å². The summed E-state index contributed by atoms with van der Waals surface area (Å²) in [6, 6.07) is 16.2. The van der Waals surface area contributed by atoms with Crippen molar-refractivity contribution in [1.82, 2.24) is 0 Å². The maximum Gasteiger partial charge on any atom is 0.193 e. The molecule has 0 spiro atoms. The SMILES string of the molecule is CC(C)c1cccc(NC(N)=NCC2(O)CCc3ccccc32)c1.I. The molecule has 2 aromatic carbocycles. The molecule has 0 saturated carbocycles. The fourth-order valence-electron chi connectivity index (χ4n) is 3.21. The summed E-state index contributed by atoms with van der Waals surface area (Å²) in [5.41, 5.74) is 9.44. The standard InChI is InChI=1S/C20H25N3O.HI/c1-14(2)16-7-5-8-17(12-16)23-19(21)22-13-20(24)11-10-15-6-3-4-9-18(15)20;/h3-9,12,14,24H,10-11,13H2,1-2H3,(H3,21,22,23);1H. The first-order chi connectivity index (χ1) is 11.5. The van der Waals surface area contributed by atoms with Gasteiger partial charge in [0, 0.05) is 5.69 Å². The van der Waals surface area contributed by atoms with Gasteiger partial charge in [-0.05, 0) is 47.6 Å². The van der Waals surface area contributed by atoms with Crippen molar-refractivity contribution in [1.29, 1.82) is 0 Å². The summed E-state index contributed by atoms with van der Waals surface area (Å²) < 4.78 is 0. The molecule has 2 aromatic rings. The molecular formula is C20H26IN3O.